The van der Waals surface area contributed by atoms with Crippen molar-refractivity contribution in [2.24, 2.45) is 0 Å². The van der Waals surface area contributed by atoms with Crippen LogP contribution in [-0.4, -0.2) is 31.3 Å². The molecular weight excluding hydrogens is 406 g/mol. The van der Waals surface area contributed by atoms with Gasteiger partial charge in [-0.1, -0.05) is 29.4 Å². The van der Waals surface area contributed by atoms with Gasteiger partial charge in [-0.05, 0) is 31.0 Å². The third kappa shape index (κ3) is 3.60. The number of benzene rings is 1. The fourth-order valence-corrected chi connectivity index (χ4v) is 3.56. The highest BCUT2D eigenvalue weighted by molar-refractivity contribution is 7.99. The maximum atomic E-state index is 12.5. The maximum absolute atomic E-state index is 12.5. The molecule has 1 aliphatic carbocycles. The van der Waals surface area contributed by atoms with Crippen molar-refractivity contribution in [3.8, 4) is 11.5 Å². The van der Waals surface area contributed by atoms with Crippen LogP contribution in [0.2, 0.25) is 5.02 Å². The number of anilines is 1. The first kappa shape index (κ1) is 18.5. The maximum Gasteiger partial charge on any atom is 0.330 e. The number of halogens is 1. The van der Waals surface area contributed by atoms with E-state index >= 15 is 0 Å². The number of thioether (sulfide) groups is 1. The minimum Gasteiger partial charge on any atom is -0.411 e. The van der Waals surface area contributed by atoms with Crippen molar-refractivity contribution in [2.75, 3.05) is 11.5 Å². The Kier molecular flexibility index (Phi) is 4.82. The molecule has 0 spiro atoms. The summed E-state index contributed by atoms with van der Waals surface area (Å²) >= 11 is 6.92. The minimum absolute atomic E-state index is 0.0697. The lowest BCUT2D eigenvalue weighted by Crippen LogP contribution is -2.36. The van der Waals surface area contributed by atoms with Crippen molar-refractivity contribution in [1.82, 2.24) is 19.7 Å². The number of aromatic amines is 1. The Bertz CT molecular complexity index is 1180. The van der Waals surface area contributed by atoms with Gasteiger partial charge < -0.3 is 10.2 Å². The summed E-state index contributed by atoms with van der Waals surface area (Å²) in [6.07, 6.45) is 1.57. The number of carbonyl (C=O) groups excluding carboxylic acids is 1. The van der Waals surface area contributed by atoms with Crippen LogP contribution in [0.15, 0.2) is 43.5 Å². The molecule has 0 bridgehead atoms. The van der Waals surface area contributed by atoms with E-state index in [9.17, 15) is 14.4 Å². The van der Waals surface area contributed by atoms with Crippen molar-refractivity contribution in [1.29, 1.82) is 0 Å². The van der Waals surface area contributed by atoms with E-state index in [1.54, 1.807) is 24.3 Å². The average Bonchev–Trinajstić information content (AvgIpc) is 3.35. The zero-order valence-corrected chi connectivity index (χ0v) is 15.9. The minimum atomic E-state index is -0.796. The quantitative estimate of drug-likeness (QED) is 0.458. The highest BCUT2D eigenvalue weighted by Gasteiger charge is 2.30. The molecule has 1 saturated carbocycles. The summed E-state index contributed by atoms with van der Waals surface area (Å²) in [5, 5.41) is 8.50. The van der Waals surface area contributed by atoms with Crippen LogP contribution in [0.4, 0.5) is 5.82 Å². The van der Waals surface area contributed by atoms with Crippen molar-refractivity contribution in [3.05, 3.63) is 55.7 Å². The molecule has 2 heterocycles. The van der Waals surface area contributed by atoms with E-state index in [1.165, 1.54) is 4.57 Å². The molecule has 1 aliphatic rings. The van der Waals surface area contributed by atoms with Crippen LogP contribution in [0.5, 0.6) is 0 Å². The summed E-state index contributed by atoms with van der Waals surface area (Å²) in [6.45, 7) is 0. The van der Waals surface area contributed by atoms with E-state index in [2.05, 4.69) is 15.2 Å². The number of hydrogen-bond donors (Lipinski definition) is 2. The fraction of sp³-hybridized carbons (Fsp3) is 0.235. The van der Waals surface area contributed by atoms with Crippen LogP contribution in [0, 0.1) is 0 Å². The van der Waals surface area contributed by atoms with E-state index in [4.69, 9.17) is 21.8 Å². The number of nitrogens with zero attached hydrogens (tertiary/aromatic N) is 3. The summed E-state index contributed by atoms with van der Waals surface area (Å²) < 4.78 is 6.79. The molecule has 0 saturated heterocycles. The second-order valence-electron chi connectivity index (χ2n) is 6.22. The number of nitrogen functional groups attached to an aromatic ring is 1. The number of carbonyl (C=O) groups is 1. The molecule has 144 valence electrons. The molecule has 2 aromatic heterocycles. The van der Waals surface area contributed by atoms with E-state index < -0.39 is 17.0 Å². The lowest BCUT2D eigenvalue weighted by Gasteiger charge is -2.10. The highest BCUT2D eigenvalue weighted by atomic mass is 35.5. The molecular formula is C17H14ClN5O4S. The van der Waals surface area contributed by atoms with E-state index in [0.29, 0.717) is 10.6 Å². The molecule has 0 aliphatic heterocycles. The Morgan fingerprint density at radius 3 is 2.86 bits per heavy atom. The van der Waals surface area contributed by atoms with Gasteiger partial charge in [0.2, 0.25) is 5.89 Å². The fourth-order valence-electron chi connectivity index (χ4n) is 2.74. The first-order valence-electron chi connectivity index (χ1n) is 8.34. The van der Waals surface area contributed by atoms with Gasteiger partial charge in [-0.2, -0.15) is 0 Å². The third-order valence-electron chi connectivity index (χ3n) is 4.18. The molecule has 0 atom stereocenters. The molecule has 1 aromatic carbocycles. The summed E-state index contributed by atoms with van der Waals surface area (Å²) in [5.41, 5.74) is 4.96. The molecule has 0 unspecified atom stereocenters. The number of ketones is 1. The molecule has 28 heavy (non-hydrogen) atoms. The van der Waals surface area contributed by atoms with Crippen molar-refractivity contribution in [3.63, 3.8) is 0 Å². The van der Waals surface area contributed by atoms with Gasteiger partial charge in [0.05, 0.1) is 5.75 Å². The predicted molar refractivity (Wildman–Crippen MR) is 104 cm³/mol. The van der Waals surface area contributed by atoms with Gasteiger partial charge in [0.25, 0.3) is 10.8 Å². The Labute approximate surface area is 166 Å². The van der Waals surface area contributed by atoms with Crippen LogP contribution >= 0.6 is 23.4 Å². The normalized spacial score (nSPS) is 13.6. The van der Waals surface area contributed by atoms with Gasteiger partial charge in [-0.25, -0.2) is 4.79 Å². The average molecular weight is 420 g/mol. The summed E-state index contributed by atoms with van der Waals surface area (Å²) in [7, 11) is 0. The molecule has 3 N–H and O–H groups in total. The number of nitrogens with two attached hydrogens (primary N) is 1. The van der Waals surface area contributed by atoms with Gasteiger partial charge in [0.1, 0.15) is 11.4 Å². The number of hydrogen-bond acceptors (Lipinski definition) is 8. The van der Waals surface area contributed by atoms with Gasteiger partial charge in [-0.15, -0.1) is 10.2 Å². The summed E-state index contributed by atoms with van der Waals surface area (Å²) in [4.78, 5) is 38.7. The third-order valence-corrected chi connectivity index (χ3v) is 5.23. The highest BCUT2D eigenvalue weighted by Crippen LogP contribution is 2.35. The number of aromatic nitrogens is 4. The standard InChI is InChI=1S/C17H14ClN5O4S/c18-9-3-1-2-8(6-9)15-21-22-17(27-15)28-7-11(24)12-13(19)23(10-4-5-10)16(26)20-14(12)25/h1-3,6,10H,4-5,7,19H2,(H,20,25,26). The largest absolute Gasteiger partial charge is 0.411 e. The monoisotopic (exact) mass is 419 g/mol. The Morgan fingerprint density at radius 1 is 1.36 bits per heavy atom. The predicted octanol–water partition coefficient (Wildman–Crippen LogP) is 2.13. The zero-order chi connectivity index (χ0) is 19.8. The lowest BCUT2D eigenvalue weighted by molar-refractivity contribution is 0.102. The SMILES string of the molecule is Nc1c(C(=O)CSc2nnc(-c3cccc(Cl)c3)o2)c(=O)[nH]c(=O)n1C1CC1. The molecule has 9 nitrogen and oxygen atoms in total. The molecule has 3 aromatic rings. The number of Topliss-reactive ketones (excluding diaryl/α,β-unsaturated/α-hetero) is 1. The smallest absolute Gasteiger partial charge is 0.330 e. The van der Waals surface area contributed by atoms with Crippen molar-refractivity contribution in [2.45, 2.75) is 24.1 Å². The summed E-state index contributed by atoms with van der Waals surface area (Å²) in [6, 6.07) is 6.84. The molecule has 0 amide bonds. The van der Waals surface area contributed by atoms with E-state index in [0.717, 1.165) is 24.6 Å². The Balaban J connectivity index is 1.52. The van der Waals surface area contributed by atoms with E-state index in [1.807, 2.05) is 0 Å². The summed E-state index contributed by atoms with van der Waals surface area (Å²) in [5.74, 6) is -0.516. The molecule has 1 fully saturated rings. The van der Waals surface area contributed by atoms with Crippen LogP contribution in [0.25, 0.3) is 11.5 Å². The van der Waals surface area contributed by atoms with Crippen LogP contribution in [0.3, 0.4) is 0 Å². The van der Waals surface area contributed by atoms with Crippen LogP contribution in [-0.2, 0) is 0 Å². The van der Waals surface area contributed by atoms with E-state index in [-0.39, 0.29) is 34.3 Å². The number of H-pyrrole nitrogens is 1. The van der Waals surface area contributed by atoms with Crippen LogP contribution < -0.4 is 17.0 Å². The molecule has 0 radical (unpaired) electrons. The second kappa shape index (κ2) is 7.28. The van der Waals surface area contributed by atoms with Gasteiger partial charge >= 0.3 is 5.69 Å². The van der Waals surface area contributed by atoms with Crippen molar-refractivity contribution >= 4 is 35.0 Å². The van der Waals surface area contributed by atoms with Crippen LogP contribution in [0.1, 0.15) is 29.2 Å². The topological polar surface area (TPSA) is 137 Å². The lowest BCUT2D eigenvalue weighted by atomic mass is 10.2. The van der Waals surface area contributed by atoms with Gasteiger partial charge in [-0.3, -0.25) is 19.1 Å². The first-order valence-corrected chi connectivity index (χ1v) is 9.70. The van der Waals surface area contributed by atoms with Crippen molar-refractivity contribution < 1.29 is 9.21 Å². The zero-order valence-electron chi connectivity index (χ0n) is 14.3. The van der Waals surface area contributed by atoms with Gasteiger partial charge in [0.15, 0.2) is 5.78 Å². The molecule has 4 rings (SSSR count). The number of rotatable bonds is 6. The van der Waals surface area contributed by atoms with Gasteiger partial charge in [0, 0.05) is 16.6 Å². The number of nitrogens with one attached hydrogen (secondary N) is 1. The Morgan fingerprint density at radius 2 is 2.14 bits per heavy atom. The first-order chi connectivity index (χ1) is 13.4. The Hall–Kier alpha value is -2.85. The molecule has 11 heteroatoms. The second-order valence-corrected chi connectivity index (χ2v) is 7.58.